The summed E-state index contributed by atoms with van der Waals surface area (Å²) < 4.78 is 21.9. The monoisotopic (exact) mass is 211 g/mol. The van der Waals surface area contributed by atoms with Gasteiger partial charge >= 0.3 is 0 Å². The third-order valence-corrected chi connectivity index (χ3v) is 4.14. The molecule has 0 aromatic heterocycles. The molecule has 0 amide bonds. The Morgan fingerprint density at radius 2 is 1.71 bits per heavy atom. The number of sulfonamides is 1. The minimum Gasteiger partial charge on any atom is -0.228 e. The van der Waals surface area contributed by atoms with Crippen molar-refractivity contribution in [3.05, 3.63) is 35.9 Å². The first-order valence-corrected chi connectivity index (χ1v) is 6.25. The Bertz CT molecular complexity index is 407. The molecule has 1 aliphatic rings. The average molecular weight is 211 g/mol. The van der Waals surface area contributed by atoms with E-state index in [4.69, 9.17) is 5.14 Å². The lowest BCUT2D eigenvalue weighted by molar-refractivity contribution is 0.411. The first kappa shape index (κ1) is 9.68. The highest BCUT2D eigenvalue weighted by Crippen LogP contribution is 2.39. The van der Waals surface area contributed by atoms with E-state index in [1.54, 1.807) is 0 Å². The zero-order chi connectivity index (χ0) is 10.2. The van der Waals surface area contributed by atoms with Gasteiger partial charge in [-0.25, -0.2) is 13.6 Å². The molecule has 0 unspecified atom stereocenters. The summed E-state index contributed by atoms with van der Waals surface area (Å²) in [6, 6.07) is 9.96. The minimum absolute atomic E-state index is 0.326. The smallest absolute Gasteiger partial charge is 0.212 e. The predicted octanol–water partition coefficient (Wildman–Crippen LogP) is 1.22. The van der Waals surface area contributed by atoms with Crippen LogP contribution in [0.25, 0.3) is 0 Å². The molecule has 14 heavy (non-hydrogen) atoms. The maximum absolute atomic E-state index is 11.0. The zero-order valence-corrected chi connectivity index (χ0v) is 8.57. The third kappa shape index (κ3) is 1.81. The van der Waals surface area contributed by atoms with Crippen LogP contribution in [0.2, 0.25) is 0 Å². The second-order valence-electron chi connectivity index (χ2n) is 3.79. The Balaban J connectivity index is 2.03. The number of nitrogens with two attached hydrogens (primary N) is 1. The summed E-state index contributed by atoms with van der Waals surface area (Å²) in [4.78, 5) is 0. The Labute approximate surface area is 84.0 Å². The number of hydrogen-bond donors (Lipinski definition) is 1. The molecule has 0 heterocycles. The first-order chi connectivity index (χ1) is 6.57. The van der Waals surface area contributed by atoms with E-state index in [1.807, 2.05) is 30.3 Å². The highest BCUT2D eigenvalue weighted by molar-refractivity contribution is 7.89. The van der Waals surface area contributed by atoms with Crippen molar-refractivity contribution in [2.75, 3.05) is 0 Å². The number of benzene rings is 1. The van der Waals surface area contributed by atoms with Gasteiger partial charge in [-0.1, -0.05) is 30.3 Å². The summed E-state index contributed by atoms with van der Waals surface area (Å²) in [5, 5.41) is 4.73. The Morgan fingerprint density at radius 1 is 1.14 bits per heavy atom. The quantitative estimate of drug-likeness (QED) is 0.799. The molecule has 1 aromatic rings. The number of primary sulfonamides is 1. The Hall–Kier alpha value is -0.870. The molecule has 0 radical (unpaired) electrons. The van der Waals surface area contributed by atoms with Crippen LogP contribution in [0.15, 0.2) is 30.3 Å². The van der Waals surface area contributed by atoms with Gasteiger partial charge in [0.25, 0.3) is 0 Å². The zero-order valence-electron chi connectivity index (χ0n) is 7.76. The Kier molecular flexibility index (Phi) is 2.33. The molecule has 1 saturated carbocycles. The summed E-state index contributed by atoms with van der Waals surface area (Å²) >= 11 is 0. The molecule has 0 spiro atoms. The van der Waals surface area contributed by atoms with E-state index < -0.39 is 10.0 Å². The molecule has 4 heteroatoms. The van der Waals surface area contributed by atoms with Crippen molar-refractivity contribution in [3.8, 4) is 0 Å². The second kappa shape index (κ2) is 3.37. The van der Waals surface area contributed by atoms with Crippen molar-refractivity contribution in [2.45, 2.75) is 24.0 Å². The fourth-order valence-corrected chi connectivity index (χ4v) is 2.83. The lowest BCUT2D eigenvalue weighted by atomic mass is 9.79. The van der Waals surface area contributed by atoms with Gasteiger partial charge in [-0.15, -0.1) is 0 Å². The molecule has 76 valence electrons. The highest BCUT2D eigenvalue weighted by atomic mass is 32.2. The third-order valence-electron chi connectivity index (χ3n) is 2.83. The van der Waals surface area contributed by atoms with Crippen molar-refractivity contribution in [3.63, 3.8) is 0 Å². The SMILES string of the molecule is NS(=O)(=O)C1CC(c2ccccc2)C1. The van der Waals surface area contributed by atoms with E-state index in [2.05, 4.69) is 0 Å². The number of hydrogen-bond acceptors (Lipinski definition) is 2. The van der Waals surface area contributed by atoms with Gasteiger partial charge in [-0.05, 0) is 24.3 Å². The van der Waals surface area contributed by atoms with Gasteiger partial charge in [-0.2, -0.15) is 0 Å². The molecule has 2 N–H and O–H groups in total. The van der Waals surface area contributed by atoms with Crippen LogP contribution < -0.4 is 5.14 Å². The largest absolute Gasteiger partial charge is 0.228 e. The lowest BCUT2D eigenvalue weighted by Crippen LogP contribution is -2.38. The van der Waals surface area contributed by atoms with Crippen LogP contribution >= 0.6 is 0 Å². The average Bonchev–Trinajstić information content (AvgIpc) is 2.00. The van der Waals surface area contributed by atoms with Gasteiger partial charge in [0.05, 0.1) is 5.25 Å². The molecular weight excluding hydrogens is 198 g/mol. The van der Waals surface area contributed by atoms with Crippen LogP contribution in [0, 0.1) is 0 Å². The molecule has 1 aliphatic carbocycles. The van der Waals surface area contributed by atoms with Crippen LogP contribution in [-0.2, 0) is 10.0 Å². The van der Waals surface area contributed by atoms with Crippen molar-refractivity contribution < 1.29 is 8.42 Å². The summed E-state index contributed by atoms with van der Waals surface area (Å²) in [7, 11) is -3.31. The van der Waals surface area contributed by atoms with Crippen molar-refractivity contribution in [2.24, 2.45) is 5.14 Å². The summed E-state index contributed by atoms with van der Waals surface area (Å²) in [5.41, 5.74) is 1.22. The minimum atomic E-state index is -3.31. The summed E-state index contributed by atoms with van der Waals surface area (Å²) in [6.07, 6.45) is 1.34. The first-order valence-electron chi connectivity index (χ1n) is 4.64. The fraction of sp³-hybridized carbons (Fsp3) is 0.400. The number of rotatable bonds is 2. The highest BCUT2D eigenvalue weighted by Gasteiger charge is 2.37. The molecule has 0 bridgehead atoms. The van der Waals surface area contributed by atoms with Crippen LogP contribution in [0.1, 0.15) is 24.3 Å². The van der Waals surface area contributed by atoms with Gasteiger partial charge in [0.15, 0.2) is 0 Å². The molecule has 3 nitrogen and oxygen atoms in total. The van der Waals surface area contributed by atoms with E-state index in [-0.39, 0.29) is 5.25 Å². The predicted molar refractivity (Wildman–Crippen MR) is 55.3 cm³/mol. The van der Waals surface area contributed by atoms with Gasteiger partial charge in [-0.3, -0.25) is 0 Å². The van der Waals surface area contributed by atoms with Crippen LogP contribution in [0.4, 0.5) is 0 Å². The standard InChI is InChI=1S/C10H13NO2S/c11-14(12,13)10-6-9(7-10)8-4-2-1-3-5-8/h1-5,9-10H,6-7H2,(H2,11,12,13). The van der Waals surface area contributed by atoms with E-state index in [0.29, 0.717) is 18.8 Å². The second-order valence-corrected chi connectivity index (χ2v) is 5.63. The molecule has 0 atom stereocenters. The molecule has 1 aromatic carbocycles. The fourth-order valence-electron chi connectivity index (χ4n) is 1.83. The maximum atomic E-state index is 11.0. The van der Waals surface area contributed by atoms with Gasteiger partial charge in [0, 0.05) is 0 Å². The van der Waals surface area contributed by atoms with E-state index in [0.717, 1.165) is 0 Å². The maximum Gasteiger partial charge on any atom is 0.212 e. The summed E-state index contributed by atoms with van der Waals surface area (Å²) in [6.45, 7) is 0. The summed E-state index contributed by atoms with van der Waals surface area (Å²) in [5.74, 6) is 0.375. The van der Waals surface area contributed by atoms with Gasteiger partial charge in [0.1, 0.15) is 0 Å². The van der Waals surface area contributed by atoms with E-state index >= 15 is 0 Å². The Morgan fingerprint density at radius 3 is 2.21 bits per heavy atom. The topological polar surface area (TPSA) is 60.2 Å². The van der Waals surface area contributed by atoms with Gasteiger partial charge in [0.2, 0.25) is 10.0 Å². The molecule has 2 rings (SSSR count). The van der Waals surface area contributed by atoms with Crippen molar-refractivity contribution in [1.82, 2.24) is 0 Å². The van der Waals surface area contributed by atoms with E-state index in [9.17, 15) is 8.42 Å². The van der Waals surface area contributed by atoms with Crippen LogP contribution in [0.5, 0.6) is 0 Å². The lowest BCUT2D eigenvalue weighted by Gasteiger charge is -2.33. The van der Waals surface area contributed by atoms with Gasteiger partial charge < -0.3 is 0 Å². The molecule has 0 aliphatic heterocycles. The van der Waals surface area contributed by atoms with Crippen molar-refractivity contribution in [1.29, 1.82) is 0 Å². The molecule has 0 saturated heterocycles. The van der Waals surface area contributed by atoms with Crippen LogP contribution in [-0.4, -0.2) is 13.7 Å². The molecular formula is C10H13NO2S. The van der Waals surface area contributed by atoms with Crippen LogP contribution in [0.3, 0.4) is 0 Å². The van der Waals surface area contributed by atoms with Crippen molar-refractivity contribution >= 4 is 10.0 Å². The normalized spacial score (nSPS) is 26.9. The molecule has 1 fully saturated rings. The van der Waals surface area contributed by atoms with E-state index in [1.165, 1.54) is 5.56 Å².